The van der Waals surface area contributed by atoms with E-state index in [1.54, 1.807) is 0 Å². The second-order valence-electron chi connectivity index (χ2n) is 6.37. The van der Waals surface area contributed by atoms with E-state index < -0.39 is 5.95 Å². The molecule has 2 atom stereocenters. The summed E-state index contributed by atoms with van der Waals surface area (Å²) in [5, 5.41) is 3.76. The van der Waals surface area contributed by atoms with Gasteiger partial charge in [-0.2, -0.15) is 4.39 Å². The van der Waals surface area contributed by atoms with Gasteiger partial charge < -0.3 is 10.1 Å². The van der Waals surface area contributed by atoms with E-state index in [4.69, 9.17) is 16.3 Å². The molecule has 24 heavy (non-hydrogen) atoms. The number of hydrogen-bond donors (Lipinski definition) is 1. The summed E-state index contributed by atoms with van der Waals surface area (Å²) in [5.74, 6) is 0.739. The van der Waals surface area contributed by atoms with Crippen LogP contribution < -0.4 is 5.32 Å². The number of hydrogen-bond acceptors (Lipinski definition) is 4. The van der Waals surface area contributed by atoms with E-state index in [0.29, 0.717) is 34.4 Å². The van der Waals surface area contributed by atoms with E-state index in [1.165, 1.54) is 12.3 Å². The second-order valence-corrected chi connectivity index (χ2v) is 6.78. The van der Waals surface area contributed by atoms with Crippen LogP contribution in [0, 0.1) is 11.9 Å². The molecule has 0 bridgehead atoms. The zero-order chi connectivity index (χ0) is 17.1. The molecule has 1 aliphatic rings. The Kier molecular flexibility index (Phi) is 5.31. The Morgan fingerprint density at radius 3 is 2.79 bits per heavy atom. The molecule has 0 radical (unpaired) electrons. The smallest absolute Gasteiger partial charge is 0.213 e. The molecule has 1 fully saturated rings. The number of pyridine rings is 2. The zero-order valence-corrected chi connectivity index (χ0v) is 14.6. The minimum atomic E-state index is -0.570. The Labute approximate surface area is 146 Å². The average Bonchev–Trinajstić information content (AvgIpc) is 2.55. The molecule has 0 aromatic carbocycles. The predicted octanol–water partition coefficient (Wildman–Crippen LogP) is 4.55. The van der Waals surface area contributed by atoms with Crippen LogP contribution in [0.1, 0.15) is 26.7 Å². The average molecular weight is 350 g/mol. The van der Waals surface area contributed by atoms with Gasteiger partial charge in [0.2, 0.25) is 5.95 Å². The van der Waals surface area contributed by atoms with Gasteiger partial charge in [0, 0.05) is 24.4 Å². The Morgan fingerprint density at radius 1 is 1.29 bits per heavy atom. The van der Waals surface area contributed by atoms with Crippen molar-refractivity contribution in [3.63, 3.8) is 0 Å². The second kappa shape index (κ2) is 7.45. The highest BCUT2D eigenvalue weighted by Gasteiger charge is 2.24. The lowest BCUT2D eigenvalue weighted by Crippen LogP contribution is -2.32. The van der Waals surface area contributed by atoms with Crippen molar-refractivity contribution in [2.24, 2.45) is 5.92 Å². The third kappa shape index (κ3) is 4.22. The number of nitrogens with zero attached hydrogens (tertiary/aromatic N) is 2. The molecular weight excluding hydrogens is 329 g/mol. The van der Waals surface area contributed by atoms with Crippen molar-refractivity contribution in [1.82, 2.24) is 9.97 Å². The van der Waals surface area contributed by atoms with Crippen molar-refractivity contribution in [2.75, 3.05) is 11.9 Å². The van der Waals surface area contributed by atoms with Crippen molar-refractivity contribution in [3.05, 3.63) is 41.4 Å². The van der Waals surface area contributed by atoms with Gasteiger partial charge in [-0.15, -0.1) is 0 Å². The van der Waals surface area contributed by atoms with Gasteiger partial charge in [0.25, 0.3) is 0 Å². The monoisotopic (exact) mass is 349 g/mol. The van der Waals surface area contributed by atoms with E-state index in [1.807, 2.05) is 18.2 Å². The van der Waals surface area contributed by atoms with Gasteiger partial charge >= 0.3 is 0 Å². The summed E-state index contributed by atoms with van der Waals surface area (Å²) in [6, 6.07) is 6.90. The zero-order valence-electron chi connectivity index (χ0n) is 13.8. The highest BCUT2D eigenvalue weighted by molar-refractivity contribution is 6.33. The van der Waals surface area contributed by atoms with E-state index >= 15 is 0 Å². The van der Waals surface area contributed by atoms with Crippen molar-refractivity contribution in [2.45, 2.75) is 38.9 Å². The van der Waals surface area contributed by atoms with Gasteiger partial charge in [-0.25, -0.2) is 9.97 Å². The minimum Gasteiger partial charge on any atom is -0.376 e. The van der Waals surface area contributed by atoms with Crippen molar-refractivity contribution in [3.8, 4) is 11.3 Å². The molecule has 2 aromatic heterocycles. The molecule has 0 amide bonds. The lowest BCUT2D eigenvalue weighted by Gasteiger charge is -2.32. The molecule has 0 spiro atoms. The summed E-state index contributed by atoms with van der Waals surface area (Å²) >= 11 is 6.11. The first kappa shape index (κ1) is 17.1. The number of aromatic nitrogens is 2. The maximum atomic E-state index is 13.4. The van der Waals surface area contributed by atoms with Crippen molar-refractivity contribution in [1.29, 1.82) is 0 Å². The lowest BCUT2D eigenvalue weighted by molar-refractivity contribution is -0.0495. The fourth-order valence-corrected chi connectivity index (χ4v) is 3.45. The molecule has 1 saturated heterocycles. The number of ether oxygens (including phenoxy) is 1. The van der Waals surface area contributed by atoms with Crippen LogP contribution in [-0.4, -0.2) is 28.7 Å². The molecule has 3 heterocycles. The first-order valence-electron chi connectivity index (χ1n) is 8.19. The number of anilines is 1. The summed E-state index contributed by atoms with van der Waals surface area (Å²) in [7, 11) is 0. The quantitative estimate of drug-likeness (QED) is 0.822. The summed E-state index contributed by atoms with van der Waals surface area (Å²) in [4.78, 5) is 8.09. The minimum absolute atomic E-state index is 0.290. The molecule has 0 aliphatic carbocycles. The van der Waals surface area contributed by atoms with Gasteiger partial charge in [0.15, 0.2) is 0 Å². The molecule has 2 aromatic rings. The van der Waals surface area contributed by atoms with Crippen LogP contribution in [-0.2, 0) is 4.74 Å². The first-order chi connectivity index (χ1) is 11.5. The van der Waals surface area contributed by atoms with Gasteiger partial charge in [-0.3, -0.25) is 0 Å². The summed E-state index contributed by atoms with van der Waals surface area (Å²) in [5.41, 5.74) is 1.17. The third-order valence-electron chi connectivity index (χ3n) is 4.21. The predicted molar refractivity (Wildman–Crippen MR) is 93.7 cm³/mol. The van der Waals surface area contributed by atoms with Crippen molar-refractivity contribution < 1.29 is 9.13 Å². The van der Waals surface area contributed by atoms with Crippen LogP contribution in [0.25, 0.3) is 11.3 Å². The van der Waals surface area contributed by atoms with Gasteiger partial charge in [-0.1, -0.05) is 17.7 Å². The molecule has 4 nitrogen and oxygen atoms in total. The van der Waals surface area contributed by atoms with Crippen molar-refractivity contribution >= 4 is 17.4 Å². The van der Waals surface area contributed by atoms with Gasteiger partial charge in [0.1, 0.15) is 5.82 Å². The van der Waals surface area contributed by atoms with E-state index in [2.05, 4.69) is 29.1 Å². The third-order valence-corrected chi connectivity index (χ3v) is 4.52. The van der Waals surface area contributed by atoms with E-state index in [9.17, 15) is 4.39 Å². The van der Waals surface area contributed by atoms with Gasteiger partial charge in [0.05, 0.1) is 22.9 Å². The Bertz CT molecular complexity index is 702. The fraction of sp³-hybridized carbons (Fsp3) is 0.444. The van der Waals surface area contributed by atoms with Crippen LogP contribution >= 0.6 is 11.6 Å². The molecule has 1 N–H and O–H groups in total. The fourth-order valence-electron chi connectivity index (χ4n) is 3.25. The largest absolute Gasteiger partial charge is 0.376 e. The number of nitrogens with one attached hydrogen (secondary N) is 1. The maximum absolute atomic E-state index is 13.4. The normalized spacial score (nSPS) is 23.9. The highest BCUT2D eigenvalue weighted by atomic mass is 35.5. The Balaban J connectivity index is 1.70. The van der Waals surface area contributed by atoms with Crippen LogP contribution in [0.4, 0.5) is 10.2 Å². The number of rotatable bonds is 4. The standard InChI is InChI=1S/C18H21ClFN3O/c1-11-6-13(7-12(2)24-11)9-22-18-5-3-4-16(23-18)14-8-17(20)21-10-15(14)19/h3-5,8,10-13H,6-7,9H2,1-2H3,(H,22,23). The van der Waals surface area contributed by atoms with E-state index in [0.717, 1.165) is 25.2 Å². The Morgan fingerprint density at radius 2 is 2.04 bits per heavy atom. The lowest BCUT2D eigenvalue weighted by atomic mass is 9.92. The molecule has 128 valence electrons. The Hall–Kier alpha value is -1.72. The van der Waals surface area contributed by atoms with Crippen LogP contribution in [0.3, 0.4) is 0 Å². The molecule has 2 unspecified atom stereocenters. The van der Waals surface area contributed by atoms with Crippen LogP contribution in [0.2, 0.25) is 5.02 Å². The molecule has 0 saturated carbocycles. The van der Waals surface area contributed by atoms with Gasteiger partial charge in [-0.05, 0) is 44.7 Å². The SMILES string of the molecule is CC1CC(CNc2cccc(-c3cc(F)ncc3Cl)n2)CC(C)O1. The molecule has 3 rings (SSSR count). The summed E-state index contributed by atoms with van der Waals surface area (Å²) in [6.07, 6.45) is 3.97. The highest BCUT2D eigenvalue weighted by Crippen LogP contribution is 2.28. The maximum Gasteiger partial charge on any atom is 0.213 e. The molecule has 6 heteroatoms. The summed E-state index contributed by atoms with van der Waals surface area (Å²) in [6.45, 7) is 5.07. The number of halogens is 2. The summed E-state index contributed by atoms with van der Waals surface area (Å²) < 4.78 is 19.1. The molecule has 1 aliphatic heterocycles. The molecular formula is C18H21ClFN3O. The topological polar surface area (TPSA) is 47.0 Å². The van der Waals surface area contributed by atoms with Crippen LogP contribution in [0.15, 0.2) is 30.5 Å². The van der Waals surface area contributed by atoms with Crippen LogP contribution in [0.5, 0.6) is 0 Å². The first-order valence-corrected chi connectivity index (χ1v) is 8.57. The van der Waals surface area contributed by atoms with E-state index in [-0.39, 0.29) is 0 Å².